The number of rotatable bonds is 10. The van der Waals surface area contributed by atoms with E-state index >= 15 is 0 Å². The van der Waals surface area contributed by atoms with Crippen molar-refractivity contribution in [1.82, 2.24) is 4.90 Å². The van der Waals surface area contributed by atoms with Crippen molar-refractivity contribution in [2.24, 2.45) is 11.7 Å². The van der Waals surface area contributed by atoms with E-state index in [0.717, 1.165) is 51.6 Å². The molecule has 3 heteroatoms. The monoisotopic (exact) mass is 216 g/mol. The van der Waals surface area contributed by atoms with Gasteiger partial charge in [-0.15, -0.1) is 0 Å². The van der Waals surface area contributed by atoms with Crippen LogP contribution in [0.3, 0.4) is 0 Å². The zero-order valence-electron chi connectivity index (χ0n) is 10.7. The summed E-state index contributed by atoms with van der Waals surface area (Å²) in [5.41, 5.74) is 5.53. The Morgan fingerprint density at radius 2 is 1.87 bits per heavy atom. The smallest absolute Gasteiger partial charge is 0.0478 e. The molecule has 0 aliphatic heterocycles. The molecule has 0 spiro atoms. The van der Waals surface area contributed by atoms with E-state index < -0.39 is 0 Å². The predicted molar refractivity (Wildman–Crippen MR) is 66.1 cm³/mol. The van der Waals surface area contributed by atoms with Crippen LogP contribution in [0.25, 0.3) is 0 Å². The third kappa shape index (κ3) is 10.2. The fourth-order valence-electron chi connectivity index (χ4n) is 1.66. The minimum Gasteiger partial charge on any atom is -0.382 e. The van der Waals surface area contributed by atoms with Gasteiger partial charge in [-0.2, -0.15) is 0 Å². The van der Waals surface area contributed by atoms with E-state index in [9.17, 15) is 0 Å². The fraction of sp³-hybridized carbons (Fsp3) is 1.00. The van der Waals surface area contributed by atoms with Crippen LogP contribution in [0.1, 0.15) is 33.6 Å². The van der Waals surface area contributed by atoms with Gasteiger partial charge in [0.05, 0.1) is 0 Å². The van der Waals surface area contributed by atoms with Gasteiger partial charge >= 0.3 is 0 Å². The number of nitrogens with zero attached hydrogens (tertiary/aromatic N) is 1. The molecular formula is C12H28N2O. The molecule has 0 fully saturated rings. The van der Waals surface area contributed by atoms with Crippen LogP contribution < -0.4 is 5.73 Å². The highest BCUT2D eigenvalue weighted by Gasteiger charge is 2.06. The van der Waals surface area contributed by atoms with Crippen LogP contribution in [-0.4, -0.2) is 44.3 Å². The second-order valence-corrected chi connectivity index (χ2v) is 4.39. The van der Waals surface area contributed by atoms with Crippen molar-refractivity contribution >= 4 is 0 Å². The van der Waals surface area contributed by atoms with Crippen LogP contribution in [0.15, 0.2) is 0 Å². The van der Waals surface area contributed by atoms with Gasteiger partial charge in [0.2, 0.25) is 0 Å². The van der Waals surface area contributed by atoms with Gasteiger partial charge in [0, 0.05) is 26.3 Å². The van der Waals surface area contributed by atoms with Gasteiger partial charge in [-0.05, 0) is 38.8 Å². The Hall–Kier alpha value is -0.120. The number of ether oxygens (including phenoxy) is 1. The first-order chi connectivity index (χ1) is 7.20. The summed E-state index contributed by atoms with van der Waals surface area (Å²) in [4.78, 5) is 2.50. The summed E-state index contributed by atoms with van der Waals surface area (Å²) in [6.07, 6.45) is 2.23. The maximum absolute atomic E-state index is 5.53. The average molecular weight is 216 g/mol. The summed E-state index contributed by atoms with van der Waals surface area (Å²) in [7, 11) is 0. The van der Waals surface area contributed by atoms with E-state index in [1.54, 1.807) is 0 Å². The Morgan fingerprint density at radius 3 is 2.40 bits per heavy atom. The first kappa shape index (κ1) is 14.9. The first-order valence-electron chi connectivity index (χ1n) is 6.20. The fourth-order valence-corrected chi connectivity index (χ4v) is 1.66. The largest absolute Gasteiger partial charge is 0.382 e. The summed E-state index contributed by atoms with van der Waals surface area (Å²) in [6.45, 7) is 12.5. The van der Waals surface area contributed by atoms with Crippen LogP contribution >= 0.6 is 0 Å². The Labute approximate surface area is 95.0 Å². The highest BCUT2D eigenvalue weighted by Crippen LogP contribution is 2.01. The predicted octanol–water partition coefficient (Wildman–Crippen LogP) is 1.72. The maximum Gasteiger partial charge on any atom is 0.0478 e. The summed E-state index contributed by atoms with van der Waals surface area (Å²) in [6, 6.07) is 0. The molecule has 0 aliphatic rings. The van der Waals surface area contributed by atoms with E-state index in [1.165, 1.54) is 6.54 Å². The molecule has 0 aromatic carbocycles. The van der Waals surface area contributed by atoms with Crippen LogP contribution in [0.5, 0.6) is 0 Å². The molecule has 0 heterocycles. The molecule has 0 unspecified atom stereocenters. The molecule has 3 nitrogen and oxygen atoms in total. The zero-order chi connectivity index (χ0) is 11.5. The molecule has 92 valence electrons. The van der Waals surface area contributed by atoms with E-state index in [2.05, 4.69) is 18.7 Å². The van der Waals surface area contributed by atoms with Crippen molar-refractivity contribution in [3.63, 3.8) is 0 Å². The Balaban J connectivity index is 3.59. The van der Waals surface area contributed by atoms with Crippen molar-refractivity contribution in [2.75, 3.05) is 39.4 Å². The molecule has 0 saturated heterocycles. The number of hydrogen-bond donors (Lipinski definition) is 1. The third-order valence-corrected chi connectivity index (χ3v) is 2.27. The van der Waals surface area contributed by atoms with Gasteiger partial charge in [0.15, 0.2) is 0 Å². The SMILES string of the molecule is CCOCCCN(CCCN)CC(C)C. The molecule has 0 atom stereocenters. The van der Waals surface area contributed by atoms with Gasteiger partial charge in [-0.25, -0.2) is 0 Å². The molecule has 0 saturated carbocycles. The highest BCUT2D eigenvalue weighted by molar-refractivity contribution is 4.60. The second kappa shape index (κ2) is 10.4. The Kier molecular flexibility index (Phi) is 10.3. The van der Waals surface area contributed by atoms with E-state index in [1.807, 2.05) is 6.92 Å². The lowest BCUT2D eigenvalue weighted by molar-refractivity contribution is 0.129. The van der Waals surface area contributed by atoms with Crippen molar-refractivity contribution in [2.45, 2.75) is 33.6 Å². The molecule has 2 N–H and O–H groups in total. The van der Waals surface area contributed by atoms with Gasteiger partial charge in [0.1, 0.15) is 0 Å². The average Bonchev–Trinajstić information content (AvgIpc) is 2.19. The first-order valence-corrected chi connectivity index (χ1v) is 6.20. The second-order valence-electron chi connectivity index (χ2n) is 4.39. The molecule has 0 bridgehead atoms. The van der Waals surface area contributed by atoms with E-state index in [-0.39, 0.29) is 0 Å². The van der Waals surface area contributed by atoms with Crippen LogP contribution in [0.4, 0.5) is 0 Å². The maximum atomic E-state index is 5.53. The summed E-state index contributed by atoms with van der Waals surface area (Å²) < 4.78 is 5.34. The lowest BCUT2D eigenvalue weighted by Crippen LogP contribution is -2.31. The molecule has 0 aromatic rings. The number of nitrogens with two attached hydrogens (primary N) is 1. The van der Waals surface area contributed by atoms with E-state index in [4.69, 9.17) is 10.5 Å². The van der Waals surface area contributed by atoms with Crippen molar-refractivity contribution in [1.29, 1.82) is 0 Å². The van der Waals surface area contributed by atoms with Crippen molar-refractivity contribution in [3.05, 3.63) is 0 Å². The lowest BCUT2D eigenvalue weighted by Gasteiger charge is -2.23. The topological polar surface area (TPSA) is 38.5 Å². The summed E-state index contributed by atoms with van der Waals surface area (Å²) in [5.74, 6) is 0.731. The van der Waals surface area contributed by atoms with Crippen LogP contribution in [-0.2, 0) is 4.74 Å². The molecule has 0 aliphatic carbocycles. The lowest BCUT2D eigenvalue weighted by atomic mass is 10.2. The molecular weight excluding hydrogens is 188 g/mol. The molecule has 15 heavy (non-hydrogen) atoms. The molecule has 0 aromatic heterocycles. The van der Waals surface area contributed by atoms with Crippen LogP contribution in [0, 0.1) is 5.92 Å². The van der Waals surface area contributed by atoms with Crippen molar-refractivity contribution in [3.8, 4) is 0 Å². The minimum atomic E-state index is 0.731. The Bertz CT molecular complexity index is 129. The molecule has 0 amide bonds. The highest BCUT2D eigenvalue weighted by atomic mass is 16.5. The van der Waals surface area contributed by atoms with E-state index in [0.29, 0.717) is 0 Å². The molecule has 0 radical (unpaired) electrons. The normalized spacial score (nSPS) is 11.6. The van der Waals surface area contributed by atoms with Gasteiger partial charge in [0.25, 0.3) is 0 Å². The van der Waals surface area contributed by atoms with Gasteiger partial charge in [-0.3, -0.25) is 0 Å². The van der Waals surface area contributed by atoms with Gasteiger partial charge in [-0.1, -0.05) is 13.8 Å². The van der Waals surface area contributed by atoms with Crippen molar-refractivity contribution < 1.29 is 4.74 Å². The number of hydrogen-bond acceptors (Lipinski definition) is 3. The zero-order valence-corrected chi connectivity index (χ0v) is 10.7. The molecule has 0 rings (SSSR count). The Morgan fingerprint density at radius 1 is 1.20 bits per heavy atom. The summed E-state index contributed by atoms with van der Waals surface area (Å²) >= 11 is 0. The minimum absolute atomic E-state index is 0.731. The summed E-state index contributed by atoms with van der Waals surface area (Å²) in [5, 5.41) is 0. The third-order valence-electron chi connectivity index (χ3n) is 2.27. The standard InChI is InChI=1S/C12H28N2O/c1-4-15-10-6-9-14(8-5-7-13)11-12(2)3/h12H,4-11,13H2,1-3H3. The van der Waals surface area contributed by atoms with Gasteiger partial charge < -0.3 is 15.4 Å². The van der Waals surface area contributed by atoms with Crippen LogP contribution in [0.2, 0.25) is 0 Å². The quantitative estimate of drug-likeness (QED) is 0.565.